The number of aliphatic hydroxyl groups excluding tert-OH is 1. The third-order valence-electron chi connectivity index (χ3n) is 1.62. The van der Waals surface area contributed by atoms with E-state index in [2.05, 4.69) is 22.6 Å². The third kappa shape index (κ3) is 2.45. The molecular formula is C9H11IO. The van der Waals surface area contributed by atoms with Crippen molar-refractivity contribution in [3.8, 4) is 0 Å². The van der Waals surface area contributed by atoms with Gasteiger partial charge >= 0.3 is 0 Å². The maximum absolute atomic E-state index is 9.45. The van der Waals surface area contributed by atoms with Gasteiger partial charge in [0, 0.05) is 3.57 Å². The lowest BCUT2D eigenvalue weighted by Crippen LogP contribution is -1.94. The molecule has 1 aromatic rings. The van der Waals surface area contributed by atoms with E-state index in [9.17, 15) is 5.11 Å². The Morgan fingerprint density at radius 3 is 2.82 bits per heavy atom. The van der Waals surface area contributed by atoms with E-state index >= 15 is 0 Å². The highest BCUT2D eigenvalue weighted by molar-refractivity contribution is 14.1. The van der Waals surface area contributed by atoms with Gasteiger partial charge in [-0.05, 0) is 46.7 Å². The quantitative estimate of drug-likeness (QED) is 0.812. The molecule has 11 heavy (non-hydrogen) atoms. The number of aliphatic hydroxyl groups is 1. The molecule has 2 heteroatoms. The fraction of sp³-hybridized carbons (Fsp3) is 0.333. The highest BCUT2D eigenvalue weighted by Gasteiger charge is 2.03. The van der Waals surface area contributed by atoms with Crippen molar-refractivity contribution in [1.29, 1.82) is 0 Å². The first kappa shape index (κ1) is 9.00. The van der Waals surface area contributed by atoms with E-state index in [4.69, 9.17) is 0 Å². The Labute approximate surface area is 80.6 Å². The monoisotopic (exact) mass is 262 g/mol. The predicted octanol–water partition coefficient (Wildman–Crippen LogP) is 2.73. The lowest BCUT2D eigenvalue weighted by Gasteiger charge is -2.07. The first-order valence-corrected chi connectivity index (χ1v) is 4.75. The fourth-order valence-electron chi connectivity index (χ4n) is 0.950. The van der Waals surface area contributed by atoms with Crippen LogP contribution in [0.2, 0.25) is 0 Å². The molecule has 0 fully saturated rings. The Morgan fingerprint density at radius 2 is 2.27 bits per heavy atom. The summed E-state index contributed by atoms with van der Waals surface area (Å²) in [4.78, 5) is 0. The van der Waals surface area contributed by atoms with Gasteiger partial charge in [0.15, 0.2) is 0 Å². The standard InChI is InChI=1S/C9H11IO/c1-2-9(11)7-4-3-5-8(10)6-7/h3-6,9,11H,2H2,1H3. The lowest BCUT2D eigenvalue weighted by molar-refractivity contribution is 0.173. The molecule has 0 bridgehead atoms. The molecule has 1 aromatic carbocycles. The second-order valence-corrected chi connectivity index (χ2v) is 3.72. The predicted molar refractivity (Wildman–Crippen MR) is 54.4 cm³/mol. The molecule has 0 heterocycles. The Bertz CT molecular complexity index is 235. The number of hydrogen-bond acceptors (Lipinski definition) is 1. The smallest absolute Gasteiger partial charge is 0.0787 e. The van der Waals surface area contributed by atoms with Gasteiger partial charge in [-0.3, -0.25) is 0 Å². The summed E-state index contributed by atoms with van der Waals surface area (Å²) >= 11 is 2.24. The van der Waals surface area contributed by atoms with Crippen molar-refractivity contribution < 1.29 is 5.11 Å². The molecule has 0 aliphatic rings. The minimum atomic E-state index is -0.301. The molecule has 1 rings (SSSR count). The Hall–Kier alpha value is -0.0900. The Morgan fingerprint density at radius 1 is 1.55 bits per heavy atom. The van der Waals surface area contributed by atoms with Crippen LogP contribution in [0.5, 0.6) is 0 Å². The van der Waals surface area contributed by atoms with Crippen molar-refractivity contribution in [3.63, 3.8) is 0 Å². The summed E-state index contributed by atoms with van der Waals surface area (Å²) in [7, 11) is 0. The van der Waals surface area contributed by atoms with Gasteiger partial charge in [0.1, 0.15) is 0 Å². The molecule has 1 N–H and O–H groups in total. The van der Waals surface area contributed by atoms with E-state index in [0.717, 1.165) is 12.0 Å². The summed E-state index contributed by atoms with van der Waals surface area (Å²) in [6.07, 6.45) is 0.477. The van der Waals surface area contributed by atoms with Crippen molar-refractivity contribution in [1.82, 2.24) is 0 Å². The number of rotatable bonds is 2. The highest BCUT2D eigenvalue weighted by Crippen LogP contribution is 2.17. The molecule has 0 saturated heterocycles. The van der Waals surface area contributed by atoms with E-state index in [1.165, 1.54) is 3.57 Å². The van der Waals surface area contributed by atoms with Crippen molar-refractivity contribution in [3.05, 3.63) is 33.4 Å². The zero-order chi connectivity index (χ0) is 8.27. The molecule has 0 radical (unpaired) electrons. The second kappa shape index (κ2) is 4.07. The van der Waals surface area contributed by atoms with Crippen LogP contribution in [-0.2, 0) is 0 Å². The maximum atomic E-state index is 9.45. The van der Waals surface area contributed by atoms with Crippen LogP contribution >= 0.6 is 22.6 Å². The van der Waals surface area contributed by atoms with Gasteiger partial charge in [-0.15, -0.1) is 0 Å². The van der Waals surface area contributed by atoms with Crippen LogP contribution in [0.15, 0.2) is 24.3 Å². The first-order chi connectivity index (χ1) is 5.24. The van der Waals surface area contributed by atoms with Crippen LogP contribution in [0.3, 0.4) is 0 Å². The summed E-state index contributed by atoms with van der Waals surface area (Å²) in [6, 6.07) is 7.95. The van der Waals surface area contributed by atoms with Gasteiger partial charge in [-0.1, -0.05) is 19.1 Å². The highest BCUT2D eigenvalue weighted by atomic mass is 127. The van der Waals surface area contributed by atoms with E-state index in [-0.39, 0.29) is 6.10 Å². The normalized spacial score (nSPS) is 13.0. The summed E-state index contributed by atoms with van der Waals surface area (Å²) in [5, 5.41) is 9.45. The second-order valence-electron chi connectivity index (χ2n) is 2.48. The van der Waals surface area contributed by atoms with Crippen LogP contribution in [0.25, 0.3) is 0 Å². The molecule has 0 amide bonds. The van der Waals surface area contributed by atoms with Crippen molar-refractivity contribution in [2.45, 2.75) is 19.4 Å². The summed E-state index contributed by atoms with van der Waals surface area (Å²) in [5.74, 6) is 0. The van der Waals surface area contributed by atoms with E-state index in [1.54, 1.807) is 0 Å². The molecule has 0 aromatic heterocycles. The molecular weight excluding hydrogens is 251 g/mol. The number of halogens is 1. The van der Waals surface area contributed by atoms with Gasteiger partial charge in [0.2, 0.25) is 0 Å². The summed E-state index contributed by atoms with van der Waals surface area (Å²) < 4.78 is 1.17. The van der Waals surface area contributed by atoms with Crippen LogP contribution in [0.4, 0.5) is 0 Å². The average molecular weight is 262 g/mol. The van der Waals surface area contributed by atoms with Crippen LogP contribution < -0.4 is 0 Å². The SMILES string of the molecule is CCC(O)c1cccc(I)c1. The van der Waals surface area contributed by atoms with Gasteiger partial charge < -0.3 is 5.11 Å². The van der Waals surface area contributed by atoms with E-state index in [1.807, 2.05) is 31.2 Å². The number of benzene rings is 1. The average Bonchev–Trinajstić information content (AvgIpc) is 2.03. The van der Waals surface area contributed by atoms with Crippen LogP contribution in [0.1, 0.15) is 25.0 Å². The zero-order valence-electron chi connectivity index (χ0n) is 6.42. The first-order valence-electron chi connectivity index (χ1n) is 3.67. The Balaban J connectivity index is 2.86. The maximum Gasteiger partial charge on any atom is 0.0787 e. The molecule has 1 unspecified atom stereocenters. The third-order valence-corrected chi connectivity index (χ3v) is 2.29. The molecule has 0 saturated carbocycles. The van der Waals surface area contributed by atoms with Gasteiger partial charge in [0.25, 0.3) is 0 Å². The Kier molecular flexibility index (Phi) is 3.33. The molecule has 1 atom stereocenters. The lowest BCUT2D eigenvalue weighted by atomic mass is 10.1. The van der Waals surface area contributed by atoms with E-state index < -0.39 is 0 Å². The molecule has 60 valence electrons. The van der Waals surface area contributed by atoms with Crippen LogP contribution in [-0.4, -0.2) is 5.11 Å². The minimum absolute atomic E-state index is 0.301. The van der Waals surface area contributed by atoms with Gasteiger partial charge in [-0.25, -0.2) is 0 Å². The summed E-state index contributed by atoms with van der Waals surface area (Å²) in [5.41, 5.74) is 1.01. The van der Waals surface area contributed by atoms with Crippen molar-refractivity contribution in [2.75, 3.05) is 0 Å². The fourth-order valence-corrected chi connectivity index (χ4v) is 1.52. The molecule has 0 spiro atoms. The number of hydrogen-bond donors (Lipinski definition) is 1. The van der Waals surface area contributed by atoms with Crippen LogP contribution in [0, 0.1) is 3.57 Å². The topological polar surface area (TPSA) is 20.2 Å². The molecule has 0 aliphatic carbocycles. The van der Waals surface area contributed by atoms with E-state index in [0.29, 0.717) is 0 Å². The van der Waals surface area contributed by atoms with Crippen molar-refractivity contribution in [2.24, 2.45) is 0 Å². The minimum Gasteiger partial charge on any atom is -0.388 e. The zero-order valence-corrected chi connectivity index (χ0v) is 8.58. The summed E-state index contributed by atoms with van der Waals surface area (Å²) in [6.45, 7) is 1.98. The van der Waals surface area contributed by atoms with Gasteiger partial charge in [-0.2, -0.15) is 0 Å². The van der Waals surface area contributed by atoms with Gasteiger partial charge in [0.05, 0.1) is 6.10 Å². The largest absolute Gasteiger partial charge is 0.388 e. The molecule has 1 nitrogen and oxygen atoms in total. The molecule has 0 aliphatic heterocycles. The van der Waals surface area contributed by atoms with Crippen molar-refractivity contribution >= 4 is 22.6 Å².